The summed E-state index contributed by atoms with van der Waals surface area (Å²) in [6.45, 7) is 0. The van der Waals surface area contributed by atoms with Gasteiger partial charge >= 0.3 is 0 Å². The summed E-state index contributed by atoms with van der Waals surface area (Å²) in [5.74, 6) is 0.436. The molecule has 0 aromatic heterocycles. The van der Waals surface area contributed by atoms with E-state index in [1.165, 1.54) is 0 Å². The molecular weight excluding hydrogens is 364 g/mol. The predicted molar refractivity (Wildman–Crippen MR) is 56.8 cm³/mol. The highest BCUT2D eigenvalue weighted by molar-refractivity contribution is 9.14. The summed E-state index contributed by atoms with van der Waals surface area (Å²) in [5.41, 5.74) is 0. The molecule has 1 heterocycles. The zero-order valence-electron chi connectivity index (χ0n) is 5.56. The number of hydrogen-bond acceptors (Lipinski definition) is 2. The highest BCUT2D eigenvalue weighted by atomic mass is 79.9. The van der Waals surface area contributed by atoms with Crippen LogP contribution in [0.4, 0.5) is 0 Å². The topological polar surface area (TPSA) is 34.1 Å². The fourth-order valence-electron chi connectivity index (χ4n) is 1.01. The number of alkyl halides is 3. The molecule has 2 atom stereocenters. The van der Waals surface area contributed by atoms with Crippen molar-refractivity contribution in [2.75, 3.05) is 16.8 Å². The molecule has 1 aliphatic rings. The third-order valence-electron chi connectivity index (χ3n) is 1.64. The largest absolute Gasteiger partial charge is 0.229 e. The second-order valence-electron chi connectivity index (χ2n) is 2.69. The molecule has 11 heavy (non-hydrogen) atoms. The average molecular weight is 371 g/mol. The van der Waals surface area contributed by atoms with Gasteiger partial charge < -0.3 is 0 Å². The molecule has 0 aromatic rings. The fourth-order valence-corrected chi connectivity index (χ4v) is 7.38. The second kappa shape index (κ2) is 3.27. The Balaban J connectivity index is 2.90. The van der Waals surface area contributed by atoms with Crippen LogP contribution in [0.2, 0.25) is 0 Å². The molecule has 2 unspecified atom stereocenters. The lowest BCUT2D eigenvalue weighted by Crippen LogP contribution is -2.32. The minimum absolute atomic E-state index is 0.0133. The number of sulfone groups is 1. The van der Waals surface area contributed by atoms with E-state index < -0.39 is 9.84 Å². The van der Waals surface area contributed by atoms with Gasteiger partial charge in [0, 0.05) is 10.2 Å². The molecular formula is C5H7Br3O2S. The predicted octanol–water partition coefficient (Wildman–Crippen LogP) is 1.71. The number of hydrogen-bond donors (Lipinski definition) is 0. The van der Waals surface area contributed by atoms with E-state index in [0.29, 0.717) is 5.33 Å². The van der Waals surface area contributed by atoms with Gasteiger partial charge in [-0.3, -0.25) is 0 Å². The maximum Gasteiger partial charge on any atom is 0.152 e. The maximum atomic E-state index is 11.1. The summed E-state index contributed by atoms with van der Waals surface area (Å²) in [6, 6.07) is 0. The first-order valence-electron chi connectivity index (χ1n) is 2.99. The lowest BCUT2D eigenvalue weighted by molar-refractivity contribution is 0.601. The second-order valence-corrected chi connectivity index (χ2v) is 8.04. The van der Waals surface area contributed by atoms with Gasteiger partial charge in [-0.25, -0.2) is 8.42 Å². The summed E-state index contributed by atoms with van der Waals surface area (Å²) in [5, 5.41) is 0.648. The Morgan fingerprint density at radius 1 is 1.55 bits per heavy atom. The summed E-state index contributed by atoms with van der Waals surface area (Å²) in [6.07, 6.45) is 0. The normalized spacial score (nSPS) is 42.6. The molecule has 2 nitrogen and oxygen atoms in total. The van der Waals surface area contributed by atoms with E-state index >= 15 is 0 Å². The molecule has 1 aliphatic heterocycles. The Labute approximate surface area is 91.4 Å². The molecule has 0 amide bonds. The van der Waals surface area contributed by atoms with Gasteiger partial charge in [0.15, 0.2) is 9.84 Å². The van der Waals surface area contributed by atoms with Crippen molar-refractivity contribution in [1.82, 2.24) is 0 Å². The Morgan fingerprint density at radius 2 is 2.09 bits per heavy atom. The van der Waals surface area contributed by atoms with Gasteiger partial charge in [0.05, 0.1) is 15.8 Å². The van der Waals surface area contributed by atoms with Crippen LogP contribution in [0.5, 0.6) is 0 Å². The fraction of sp³-hybridized carbons (Fsp3) is 1.00. The van der Waals surface area contributed by atoms with E-state index in [1.54, 1.807) is 0 Å². The average Bonchev–Trinajstić information content (AvgIpc) is 2.03. The van der Waals surface area contributed by atoms with Crippen LogP contribution in [0.25, 0.3) is 0 Å². The van der Waals surface area contributed by atoms with Crippen molar-refractivity contribution in [3.05, 3.63) is 0 Å². The van der Waals surface area contributed by atoms with Crippen LogP contribution in [0, 0.1) is 0 Å². The first kappa shape index (κ1) is 10.5. The zero-order chi connectivity index (χ0) is 8.70. The number of rotatable bonds is 1. The SMILES string of the molecule is O=S1(=O)CC(Br)C(Br)(CBr)C1. The van der Waals surface area contributed by atoms with Crippen molar-refractivity contribution in [1.29, 1.82) is 0 Å². The molecule has 0 spiro atoms. The van der Waals surface area contributed by atoms with Crippen LogP contribution in [-0.4, -0.2) is 34.4 Å². The first-order chi connectivity index (χ1) is 4.90. The van der Waals surface area contributed by atoms with Gasteiger partial charge in [-0.2, -0.15) is 0 Å². The van der Waals surface area contributed by atoms with Crippen LogP contribution < -0.4 is 0 Å². The standard InChI is InChI=1S/C5H7Br3O2S/c6-2-5(8)3-11(9,10)1-4(5)7/h4H,1-3H2. The Hall–Kier alpha value is 1.39. The Kier molecular flexibility index (Phi) is 3.11. The van der Waals surface area contributed by atoms with Crippen LogP contribution in [0.1, 0.15) is 0 Å². The third kappa shape index (κ3) is 2.19. The number of halogens is 3. The van der Waals surface area contributed by atoms with E-state index in [1.807, 2.05) is 0 Å². The Bertz CT molecular complexity index is 250. The minimum Gasteiger partial charge on any atom is -0.229 e. The van der Waals surface area contributed by atoms with E-state index in [2.05, 4.69) is 47.8 Å². The molecule has 0 saturated carbocycles. The van der Waals surface area contributed by atoms with Gasteiger partial charge in [-0.1, -0.05) is 47.8 Å². The minimum atomic E-state index is -2.84. The molecule has 0 N–H and O–H groups in total. The van der Waals surface area contributed by atoms with Crippen LogP contribution in [-0.2, 0) is 9.84 Å². The maximum absolute atomic E-state index is 11.1. The smallest absolute Gasteiger partial charge is 0.152 e. The highest BCUT2D eigenvalue weighted by Crippen LogP contribution is 2.38. The van der Waals surface area contributed by atoms with Gasteiger partial charge in [0.1, 0.15) is 0 Å². The van der Waals surface area contributed by atoms with Crippen molar-refractivity contribution in [3.8, 4) is 0 Å². The molecule has 0 bridgehead atoms. The van der Waals surface area contributed by atoms with Crippen LogP contribution in [0.15, 0.2) is 0 Å². The summed E-state index contributed by atoms with van der Waals surface area (Å²) in [4.78, 5) is 0.0133. The van der Waals surface area contributed by atoms with E-state index in [0.717, 1.165) is 0 Å². The molecule has 66 valence electrons. The Morgan fingerprint density at radius 3 is 2.27 bits per heavy atom. The van der Waals surface area contributed by atoms with Crippen LogP contribution in [0.3, 0.4) is 0 Å². The molecule has 1 saturated heterocycles. The monoisotopic (exact) mass is 368 g/mol. The molecule has 0 aromatic carbocycles. The summed E-state index contributed by atoms with van der Waals surface area (Å²) in [7, 11) is -2.84. The van der Waals surface area contributed by atoms with E-state index in [4.69, 9.17) is 0 Å². The van der Waals surface area contributed by atoms with Crippen molar-refractivity contribution < 1.29 is 8.42 Å². The quantitative estimate of drug-likeness (QED) is 0.658. The summed E-state index contributed by atoms with van der Waals surface area (Å²) >= 11 is 10.0. The van der Waals surface area contributed by atoms with Gasteiger partial charge in [0.25, 0.3) is 0 Å². The lowest BCUT2D eigenvalue weighted by Gasteiger charge is -2.19. The lowest BCUT2D eigenvalue weighted by atomic mass is 10.2. The van der Waals surface area contributed by atoms with Gasteiger partial charge in [0.2, 0.25) is 0 Å². The van der Waals surface area contributed by atoms with Gasteiger partial charge in [-0.15, -0.1) is 0 Å². The molecule has 6 heteroatoms. The molecule has 0 radical (unpaired) electrons. The van der Waals surface area contributed by atoms with Crippen molar-refractivity contribution in [2.45, 2.75) is 9.15 Å². The molecule has 1 rings (SSSR count). The highest BCUT2D eigenvalue weighted by Gasteiger charge is 2.46. The molecule has 0 aliphatic carbocycles. The third-order valence-corrected chi connectivity index (χ3v) is 8.92. The zero-order valence-corrected chi connectivity index (χ0v) is 11.1. The van der Waals surface area contributed by atoms with E-state index in [-0.39, 0.29) is 20.7 Å². The van der Waals surface area contributed by atoms with Gasteiger partial charge in [-0.05, 0) is 0 Å². The van der Waals surface area contributed by atoms with Crippen molar-refractivity contribution >= 4 is 57.6 Å². The molecule has 1 fully saturated rings. The summed E-state index contributed by atoms with van der Waals surface area (Å²) < 4.78 is 22.0. The van der Waals surface area contributed by atoms with E-state index in [9.17, 15) is 8.42 Å². The van der Waals surface area contributed by atoms with Crippen molar-refractivity contribution in [2.24, 2.45) is 0 Å². The first-order valence-corrected chi connectivity index (χ1v) is 7.64. The van der Waals surface area contributed by atoms with Crippen LogP contribution >= 0.6 is 47.8 Å². The van der Waals surface area contributed by atoms with Crippen molar-refractivity contribution in [3.63, 3.8) is 0 Å².